The van der Waals surface area contributed by atoms with E-state index in [1.165, 1.54) is 10.3 Å². The second kappa shape index (κ2) is 6.37. The molecule has 0 spiro atoms. The second-order valence-corrected chi connectivity index (χ2v) is 7.05. The summed E-state index contributed by atoms with van der Waals surface area (Å²) in [6.45, 7) is 4.94. The summed E-state index contributed by atoms with van der Waals surface area (Å²) >= 11 is 5.14. The maximum atomic E-state index is 5.80. The van der Waals surface area contributed by atoms with Crippen molar-refractivity contribution < 1.29 is 4.74 Å². The number of hydrogen-bond acceptors (Lipinski definition) is 5. The number of ether oxygens (including phenoxy) is 1. The number of halogens is 1. The van der Waals surface area contributed by atoms with E-state index in [2.05, 4.69) is 43.8 Å². The average Bonchev–Trinajstić information content (AvgIpc) is 2.85. The smallest absolute Gasteiger partial charge is 0.140 e. The van der Waals surface area contributed by atoms with Gasteiger partial charge in [0.15, 0.2) is 0 Å². The summed E-state index contributed by atoms with van der Waals surface area (Å²) in [5.41, 5.74) is 0. The number of anilines is 1. The molecule has 3 heterocycles. The molecule has 108 valence electrons. The predicted molar refractivity (Wildman–Crippen MR) is 87.1 cm³/mol. The molecule has 1 aliphatic rings. The van der Waals surface area contributed by atoms with Gasteiger partial charge in [0.1, 0.15) is 17.0 Å². The Labute approximate surface area is 131 Å². The first-order valence-corrected chi connectivity index (χ1v) is 8.85. The maximum absolute atomic E-state index is 5.80. The van der Waals surface area contributed by atoms with Gasteiger partial charge in [0.05, 0.1) is 18.1 Å². The lowest BCUT2D eigenvalue weighted by atomic mass is 10.1. The van der Waals surface area contributed by atoms with Gasteiger partial charge in [0.25, 0.3) is 0 Å². The van der Waals surface area contributed by atoms with Crippen molar-refractivity contribution in [3.8, 4) is 0 Å². The van der Waals surface area contributed by atoms with Crippen LogP contribution >= 0.6 is 27.3 Å². The molecule has 1 saturated heterocycles. The SMILES string of the molecule is Cc1cc2c(N3CCC(OCCBr)CC3)ncnc2s1. The van der Waals surface area contributed by atoms with Crippen LogP contribution in [0.4, 0.5) is 5.82 Å². The van der Waals surface area contributed by atoms with E-state index in [1.54, 1.807) is 17.7 Å². The fourth-order valence-electron chi connectivity index (χ4n) is 2.66. The van der Waals surface area contributed by atoms with Crippen molar-refractivity contribution in [1.82, 2.24) is 9.97 Å². The van der Waals surface area contributed by atoms with Gasteiger partial charge in [0.2, 0.25) is 0 Å². The first kappa shape index (κ1) is 14.2. The topological polar surface area (TPSA) is 38.2 Å². The lowest BCUT2D eigenvalue weighted by molar-refractivity contribution is 0.0480. The molecule has 0 bridgehead atoms. The van der Waals surface area contributed by atoms with E-state index in [-0.39, 0.29) is 0 Å². The Morgan fingerprint density at radius 3 is 2.95 bits per heavy atom. The summed E-state index contributed by atoms with van der Waals surface area (Å²) in [5.74, 6) is 1.08. The van der Waals surface area contributed by atoms with Gasteiger partial charge in [0, 0.05) is 23.3 Å². The Kier molecular flexibility index (Phi) is 4.53. The number of hydrogen-bond donors (Lipinski definition) is 0. The average molecular weight is 356 g/mol. The van der Waals surface area contributed by atoms with Crippen LogP contribution < -0.4 is 4.90 Å². The number of alkyl halides is 1. The van der Waals surface area contributed by atoms with Crippen molar-refractivity contribution in [3.05, 3.63) is 17.3 Å². The van der Waals surface area contributed by atoms with Gasteiger partial charge in [-0.05, 0) is 25.8 Å². The van der Waals surface area contributed by atoms with Crippen molar-refractivity contribution in [2.75, 3.05) is 29.9 Å². The van der Waals surface area contributed by atoms with Crippen molar-refractivity contribution in [1.29, 1.82) is 0 Å². The van der Waals surface area contributed by atoms with Crippen LogP contribution in [0.3, 0.4) is 0 Å². The normalized spacial score (nSPS) is 17.0. The van der Waals surface area contributed by atoms with E-state index in [9.17, 15) is 0 Å². The number of piperidine rings is 1. The zero-order valence-electron chi connectivity index (χ0n) is 11.5. The molecule has 1 aliphatic heterocycles. The summed E-state index contributed by atoms with van der Waals surface area (Å²) in [6.07, 6.45) is 4.22. The summed E-state index contributed by atoms with van der Waals surface area (Å²) in [6, 6.07) is 2.20. The van der Waals surface area contributed by atoms with Gasteiger partial charge >= 0.3 is 0 Å². The Morgan fingerprint density at radius 2 is 2.20 bits per heavy atom. The minimum absolute atomic E-state index is 0.394. The molecule has 4 nitrogen and oxygen atoms in total. The molecule has 0 aliphatic carbocycles. The Morgan fingerprint density at radius 1 is 1.40 bits per heavy atom. The number of nitrogens with zero attached hydrogens (tertiary/aromatic N) is 3. The van der Waals surface area contributed by atoms with Crippen molar-refractivity contribution in [3.63, 3.8) is 0 Å². The Balaban J connectivity index is 1.73. The monoisotopic (exact) mass is 355 g/mol. The van der Waals surface area contributed by atoms with Gasteiger partial charge in [-0.15, -0.1) is 11.3 Å². The minimum Gasteiger partial charge on any atom is -0.377 e. The lowest BCUT2D eigenvalue weighted by Gasteiger charge is -2.32. The molecule has 2 aromatic rings. The van der Waals surface area contributed by atoms with Gasteiger partial charge in [-0.1, -0.05) is 15.9 Å². The zero-order chi connectivity index (χ0) is 13.9. The van der Waals surface area contributed by atoms with Crippen molar-refractivity contribution in [2.45, 2.75) is 25.9 Å². The highest BCUT2D eigenvalue weighted by Crippen LogP contribution is 2.31. The largest absolute Gasteiger partial charge is 0.377 e. The quantitative estimate of drug-likeness (QED) is 0.788. The predicted octanol–water partition coefficient (Wildman–Crippen LogP) is 3.38. The third kappa shape index (κ3) is 2.97. The number of thiophene rings is 1. The minimum atomic E-state index is 0.394. The van der Waals surface area contributed by atoms with E-state index in [0.29, 0.717) is 6.10 Å². The summed E-state index contributed by atoms with van der Waals surface area (Å²) in [4.78, 5) is 13.6. The van der Waals surface area contributed by atoms with Crippen molar-refractivity contribution >= 4 is 43.3 Å². The van der Waals surface area contributed by atoms with Crippen LogP contribution in [0.5, 0.6) is 0 Å². The highest BCUT2D eigenvalue weighted by Gasteiger charge is 2.22. The molecule has 0 saturated carbocycles. The van der Waals surface area contributed by atoms with E-state index < -0.39 is 0 Å². The Hall–Kier alpha value is -0.720. The standard InChI is InChI=1S/C14H18BrN3OS/c1-10-8-12-13(16-9-17-14(12)20-10)18-5-2-11(3-6-18)19-7-4-15/h8-9,11H,2-7H2,1H3. The number of rotatable bonds is 4. The molecule has 20 heavy (non-hydrogen) atoms. The fourth-order valence-corrected chi connectivity index (χ4v) is 3.69. The first-order chi connectivity index (χ1) is 9.78. The van der Waals surface area contributed by atoms with Crippen LogP contribution in [-0.2, 0) is 4.74 Å². The summed E-state index contributed by atoms with van der Waals surface area (Å²) in [5, 5.41) is 2.10. The molecule has 0 unspecified atom stereocenters. The molecule has 0 N–H and O–H groups in total. The number of aromatic nitrogens is 2. The highest BCUT2D eigenvalue weighted by atomic mass is 79.9. The van der Waals surface area contributed by atoms with Crippen LogP contribution in [0.15, 0.2) is 12.4 Å². The van der Waals surface area contributed by atoms with E-state index in [1.807, 2.05) is 0 Å². The number of fused-ring (bicyclic) bond motifs is 1. The fraction of sp³-hybridized carbons (Fsp3) is 0.571. The van der Waals surface area contributed by atoms with E-state index in [4.69, 9.17) is 4.74 Å². The van der Waals surface area contributed by atoms with Gasteiger partial charge < -0.3 is 9.64 Å². The van der Waals surface area contributed by atoms with Gasteiger partial charge in [-0.3, -0.25) is 0 Å². The maximum Gasteiger partial charge on any atom is 0.140 e. The van der Waals surface area contributed by atoms with Crippen LogP contribution in [0.2, 0.25) is 0 Å². The zero-order valence-corrected chi connectivity index (χ0v) is 13.9. The molecule has 3 rings (SSSR count). The summed E-state index contributed by atoms with van der Waals surface area (Å²) < 4.78 is 5.80. The second-order valence-electron chi connectivity index (χ2n) is 5.02. The molecule has 0 amide bonds. The molecule has 0 radical (unpaired) electrons. The lowest BCUT2D eigenvalue weighted by Crippen LogP contribution is -2.37. The van der Waals surface area contributed by atoms with Gasteiger partial charge in [-0.2, -0.15) is 0 Å². The summed E-state index contributed by atoms with van der Waals surface area (Å²) in [7, 11) is 0. The van der Waals surface area contributed by atoms with E-state index in [0.717, 1.165) is 48.5 Å². The molecular weight excluding hydrogens is 338 g/mol. The molecule has 2 aromatic heterocycles. The highest BCUT2D eigenvalue weighted by molar-refractivity contribution is 9.09. The van der Waals surface area contributed by atoms with Crippen LogP contribution in [-0.4, -0.2) is 41.1 Å². The molecule has 6 heteroatoms. The van der Waals surface area contributed by atoms with Crippen LogP contribution in [0.25, 0.3) is 10.2 Å². The number of aryl methyl sites for hydroxylation is 1. The first-order valence-electron chi connectivity index (χ1n) is 6.91. The van der Waals surface area contributed by atoms with Crippen molar-refractivity contribution in [2.24, 2.45) is 0 Å². The van der Waals surface area contributed by atoms with Crippen LogP contribution in [0.1, 0.15) is 17.7 Å². The third-order valence-corrected chi connectivity index (χ3v) is 4.89. The van der Waals surface area contributed by atoms with E-state index >= 15 is 0 Å². The Bertz CT molecular complexity index is 581. The molecular formula is C14H18BrN3OS. The third-order valence-electron chi connectivity index (χ3n) is 3.60. The van der Waals surface area contributed by atoms with Crippen LogP contribution in [0, 0.1) is 6.92 Å². The molecule has 0 aromatic carbocycles. The molecule has 1 fully saturated rings. The van der Waals surface area contributed by atoms with Gasteiger partial charge in [-0.25, -0.2) is 9.97 Å². The molecule has 0 atom stereocenters.